The Morgan fingerprint density at radius 1 is 1.23 bits per heavy atom. The summed E-state index contributed by atoms with van der Waals surface area (Å²) in [6, 6.07) is 0. The van der Waals surface area contributed by atoms with Gasteiger partial charge in [-0.2, -0.15) is 0 Å². The van der Waals surface area contributed by atoms with Crippen LogP contribution in [0.3, 0.4) is 0 Å². The summed E-state index contributed by atoms with van der Waals surface area (Å²) >= 11 is 0. The third-order valence-corrected chi connectivity index (χ3v) is 4.41. The Bertz CT molecular complexity index is 599. The lowest BCUT2D eigenvalue weighted by Gasteiger charge is -2.39. The van der Waals surface area contributed by atoms with E-state index in [9.17, 15) is 19.8 Å². The number of aliphatic hydroxyl groups excluding tert-OH is 1. The number of carboxylic acid groups (broad SMARTS) is 1. The molecule has 2 rings (SSSR count). The second kappa shape index (κ2) is 8.09. The van der Waals surface area contributed by atoms with Crippen LogP contribution in [-0.2, 0) is 14.3 Å². The minimum atomic E-state index is -1.03. The van der Waals surface area contributed by atoms with Crippen LogP contribution in [0.5, 0.6) is 0 Å². The van der Waals surface area contributed by atoms with Crippen LogP contribution in [0.15, 0.2) is 23.4 Å². The third kappa shape index (κ3) is 4.76. The number of rotatable bonds is 4. The number of aliphatic carboxylic acids is 1. The number of ether oxygens (including phenoxy) is 2. The van der Waals surface area contributed by atoms with Gasteiger partial charge in [-0.3, -0.25) is 4.79 Å². The molecule has 0 aromatic heterocycles. The number of carbonyl (C=O) groups excluding carboxylic acids is 1. The van der Waals surface area contributed by atoms with Gasteiger partial charge in [0.2, 0.25) is 0 Å². The molecule has 0 saturated carbocycles. The van der Waals surface area contributed by atoms with Crippen LogP contribution in [0.2, 0.25) is 0 Å². The molecule has 1 amide bonds. The van der Waals surface area contributed by atoms with Gasteiger partial charge in [-0.05, 0) is 38.5 Å². The molecule has 2 unspecified atom stereocenters. The van der Waals surface area contributed by atoms with Gasteiger partial charge in [0.15, 0.2) is 0 Å². The molecule has 26 heavy (non-hydrogen) atoms. The van der Waals surface area contributed by atoms with E-state index in [-0.39, 0.29) is 12.7 Å². The lowest BCUT2D eigenvalue weighted by Crippen LogP contribution is -2.50. The van der Waals surface area contributed by atoms with Crippen molar-refractivity contribution in [1.29, 1.82) is 0 Å². The molecule has 2 N–H and O–H groups in total. The van der Waals surface area contributed by atoms with E-state index >= 15 is 0 Å². The first kappa shape index (κ1) is 20.3. The number of hydrogen-bond acceptors (Lipinski definition) is 6. The molecule has 8 heteroatoms. The fraction of sp³-hybridized carbons (Fsp3) is 0.667. The number of hydrogen-bond donors (Lipinski definition) is 2. The maximum Gasteiger partial charge on any atom is 0.410 e. The first-order chi connectivity index (χ1) is 12.2. The van der Waals surface area contributed by atoms with Crippen LogP contribution in [0, 0.1) is 5.92 Å². The van der Waals surface area contributed by atoms with Gasteiger partial charge in [0.1, 0.15) is 11.5 Å². The van der Waals surface area contributed by atoms with Crippen LogP contribution in [0.1, 0.15) is 20.8 Å². The minimum Gasteiger partial charge on any atom is -0.481 e. The molecule has 1 aliphatic heterocycles. The zero-order valence-electron chi connectivity index (χ0n) is 15.8. The highest BCUT2D eigenvalue weighted by Crippen LogP contribution is 2.28. The molecule has 0 radical (unpaired) electrons. The third-order valence-electron chi connectivity index (χ3n) is 4.41. The van der Waals surface area contributed by atoms with Crippen molar-refractivity contribution >= 4 is 12.1 Å². The first-order valence-corrected chi connectivity index (χ1v) is 8.68. The van der Waals surface area contributed by atoms with Crippen molar-refractivity contribution in [3.8, 4) is 0 Å². The number of allylic oxidation sites excluding steroid dienone is 1. The Morgan fingerprint density at radius 2 is 1.85 bits per heavy atom. The predicted octanol–water partition coefficient (Wildman–Crippen LogP) is 1.07. The molecular formula is C18H28N2O6. The lowest BCUT2D eigenvalue weighted by atomic mass is 9.87. The number of piperazine rings is 1. The highest BCUT2D eigenvalue weighted by Gasteiger charge is 2.35. The summed E-state index contributed by atoms with van der Waals surface area (Å²) in [4.78, 5) is 27.3. The minimum absolute atomic E-state index is 0.331. The Morgan fingerprint density at radius 3 is 2.31 bits per heavy atom. The van der Waals surface area contributed by atoms with Crippen molar-refractivity contribution in [2.45, 2.75) is 32.5 Å². The van der Waals surface area contributed by atoms with Crippen molar-refractivity contribution in [2.75, 3.05) is 39.9 Å². The van der Waals surface area contributed by atoms with E-state index in [4.69, 9.17) is 9.47 Å². The molecule has 0 spiro atoms. The van der Waals surface area contributed by atoms with E-state index in [1.165, 1.54) is 7.11 Å². The van der Waals surface area contributed by atoms with Crippen molar-refractivity contribution in [2.24, 2.45) is 5.92 Å². The highest BCUT2D eigenvalue weighted by molar-refractivity contribution is 5.76. The number of carboxylic acids is 1. The van der Waals surface area contributed by atoms with Gasteiger partial charge in [-0.1, -0.05) is 0 Å². The molecule has 1 aliphatic carbocycles. The van der Waals surface area contributed by atoms with Crippen molar-refractivity contribution < 1.29 is 29.3 Å². The van der Waals surface area contributed by atoms with E-state index < -0.39 is 23.6 Å². The number of nitrogens with zero attached hydrogens (tertiary/aromatic N) is 2. The van der Waals surface area contributed by atoms with Gasteiger partial charge in [-0.25, -0.2) is 4.79 Å². The van der Waals surface area contributed by atoms with Gasteiger partial charge in [-0.15, -0.1) is 0 Å². The van der Waals surface area contributed by atoms with E-state index in [1.54, 1.807) is 17.1 Å². The zero-order valence-corrected chi connectivity index (χ0v) is 15.8. The maximum absolute atomic E-state index is 12.2. The average molecular weight is 368 g/mol. The largest absolute Gasteiger partial charge is 0.481 e. The van der Waals surface area contributed by atoms with Gasteiger partial charge in [0.25, 0.3) is 0 Å². The molecule has 8 nitrogen and oxygen atoms in total. The van der Waals surface area contributed by atoms with Crippen molar-refractivity contribution in [3.63, 3.8) is 0 Å². The molecule has 0 aromatic rings. The zero-order chi connectivity index (χ0) is 19.5. The van der Waals surface area contributed by atoms with Crippen molar-refractivity contribution in [3.05, 3.63) is 23.4 Å². The molecule has 1 saturated heterocycles. The van der Waals surface area contributed by atoms with E-state index in [2.05, 4.69) is 4.90 Å². The second-order valence-corrected chi connectivity index (χ2v) is 7.44. The summed E-state index contributed by atoms with van der Waals surface area (Å²) < 4.78 is 10.7. The summed E-state index contributed by atoms with van der Waals surface area (Å²) in [6.45, 7) is 7.36. The average Bonchev–Trinajstić information content (AvgIpc) is 2.58. The molecular weight excluding hydrogens is 340 g/mol. The molecule has 0 aromatic carbocycles. The predicted molar refractivity (Wildman–Crippen MR) is 94.6 cm³/mol. The Kier molecular flexibility index (Phi) is 6.30. The van der Waals surface area contributed by atoms with E-state index in [0.717, 1.165) is 5.70 Å². The monoisotopic (exact) mass is 368 g/mol. The second-order valence-electron chi connectivity index (χ2n) is 7.44. The normalized spacial score (nSPS) is 24.0. The smallest absolute Gasteiger partial charge is 0.410 e. The first-order valence-electron chi connectivity index (χ1n) is 8.68. The Labute approximate surface area is 153 Å². The Balaban J connectivity index is 2.05. The fourth-order valence-electron chi connectivity index (χ4n) is 3.12. The number of carbonyl (C=O) groups is 2. The number of aliphatic hydroxyl groups is 1. The maximum atomic E-state index is 12.2. The lowest BCUT2D eigenvalue weighted by molar-refractivity contribution is -0.143. The Hall–Kier alpha value is -2.06. The molecule has 146 valence electrons. The van der Waals surface area contributed by atoms with Crippen molar-refractivity contribution in [1.82, 2.24) is 9.80 Å². The van der Waals surface area contributed by atoms with Gasteiger partial charge < -0.3 is 29.5 Å². The SMILES string of the molecule is COC1C=C(N2CCN(C(=O)OC(C)(C)C)CC2)C=C(CO)C1C(=O)O. The summed E-state index contributed by atoms with van der Waals surface area (Å²) in [6.07, 6.45) is 2.50. The van der Waals surface area contributed by atoms with Crippen LogP contribution < -0.4 is 0 Å². The molecule has 1 heterocycles. The van der Waals surface area contributed by atoms with E-state index in [1.807, 2.05) is 20.8 Å². The highest BCUT2D eigenvalue weighted by atomic mass is 16.6. The van der Waals surface area contributed by atoms with E-state index in [0.29, 0.717) is 31.8 Å². The number of methoxy groups -OCH3 is 1. The summed E-state index contributed by atoms with van der Waals surface area (Å²) in [5.41, 5.74) is 0.690. The fourth-order valence-corrected chi connectivity index (χ4v) is 3.12. The molecule has 1 fully saturated rings. The summed E-state index contributed by atoms with van der Waals surface area (Å²) in [5, 5.41) is 19.0. The quantitative estimate of drug-likeness (QED) is 0.766. The van der Waals surface area contributed by atoms with Crippen LogP contribution >= 0.6 is 0 Å². The summed E-state index contributed by atoms with van der Waals surface area (Å²) in [5.74, 6) is -1.92. The molecule has 2 aliphatic rings. The van der Waals surface area contributed by atoms with Crippen LogP contribution in [0.25, 0.3) is 0 Å². The number of amides is 1. The van der Waals surface area contributed by atoms with Crippen LogP contribution in [-0.4, -0.2) is 83.7 Å². The molecule has 0 bridgehead atoms. The standard InChI is InChI=1S/C18H28N2O6/c1-18(2,3)26-17(24)20-7-5-19(6-8-20)13-9-12(11-21)15(16(22)23)14(10-13)25-4/h9-10,14-15,21H,5-8,11H2,1-4H3,(H,22,23). The van der Waals surface area contributed by atoms with Gasteiger partial charge >= 0.3 is 12.1 Å². The van der Waals surface area contributed by atoms with Gasteiger partial charge in [0, 0.05) is 39.0 Å². The van der Waals surface area contributed by atoms with Gasteiger partial charge in [0.05, 0.1) is 12.7 Å². The summed E-state index contributed by atoms with van der Waals surface area (Å²) in [7, 11) is 1.45. The van der Waals surface area contributed by atoms with Crippen LogP contribution in [0.4, 0.5) is 4.79 Å². The topological polar surface area (TPSA) is 99.5 Å². The molecule has 2 atom stereocenters.